The lowest BCUT2D eigenvalue weighted by molar-refractivity contribution is -0.131. The molecule has 0 heterocycles. The van der Waals surface area contributed by atoms with E-state index in [2.05, 4.69) is 5.32 Å². The number of benzene rings is 2. The first-order valence-corrected chi connectivity index (χ1v) is 9.47. The predicted molar refractivity (Wildman–Crippen MR) is 105 cm³/mol. The summed E-state index contributed by atoms with van der Waals surface area (Å²) in [5.74, 6) is 0.582. The zero-order chi connectivity index (χ0) is 18.2. The van der Waals surface area contributed by atoms with Crippen LogP contribution in [0.25, 0.3) is 0 Å². The number of carbonyl (C=O) groups excluding carboxylic acids is 2. The van der Waals surface area contributed by atoms with Gasteiger partial charge in [-0.2, -0.15) is 0 Å². The number of para-hydroxylation sites is 1. The van der Waals surface area contributed by atoms with Crippen LogP contribution in [0.5, 0.6) is 0 Å². The second-order valence-electron chi connectivity index (χ2n) is 5.40. The summed E-state index contributed by atoms with van der Waals surface area (Å²) in [5.41, 5.74) is 1.59. The van der Waals surface area contributed by atoms with Crippen molar-refractivity contribution in [1.29, 1.82) is 0 Å². The van der Waals surface area contributed by atoms with Crippen molar-refractivity contribution in [3.05, 3.63) is 64.1 Å². The quantitative estimate of drug-likeness (QED) is 0.757. The summed E-state index contributed by atoms with van der Waals surface area (Å²) in [6.45, 7) is -0.0260. The summed E-state index contributed by atoms with van der Waals surface area (Å²) in [6, 6.07) is 14.5. The largest absolute Gasteiger partial charge is 0.336 e. The Morgan fingerprint density at radius 1 is 1.12 bits per heavy atom. The molecular formula is C18H18Cl2N2O2S. The molecule has 0 aromatic heterocycles. The molecule has 132 valence electrons. The summed E-state index contributed by atoms with van der Waals surface area (Å²) >= 11 is 13.4. The summed E-state index contributed by atoms with van der Waals surface area (Å²) in [5, 5.41) is 3.84. The monoisotopic (exact) mass is 396 g/mol. The first kappa shape index (κ1) is 19.6. The SMILES string of the molecule is CN(CC(=O)Nc1ccccc1Cl)C(=O)CSCc1cccc(Cl)c1. The molecule has 0 aliphatic rings. The van der Waals surface area contributed by atoms with Crippen molar-refractivity contribution in [2.75, 3.05) is 24.7 Å². The van der Waals surface area contributed by atoms with Crippen molar-refractivity contribution < 1.29 is 9.59 Å². The van der Waals surface area contributed by atoms with E-state index in [0.29, 0.717) is 27.2 Å². The van der Waals surface area contributed by atoms with E-state index in [1.807, 2.05) is 24.3 Å². The minimum atomic E-state index is -0.288. The summed E-state index contributed by atoms with van der Waals surface area (Å²) < 4.78 is 0. The van der Waals surface area contributed by atoms with Crippen molar-refractivity contribution in [1.82, 2.24) is 4.90 Å². The van der Waals surface area contributed by atoms with Gasteiger partial charge in [0.15, 0.2) is 0 Å². The van der Waals surface area contributed by atoms with Crippen LogP contribution >= 0.6 is 35.0 Å². The number of thioether (sulfide) groups is 1. The van der Waals surface area contributed by atoms with Gasteiger partial charge in [0.05, 0.1) is 23.0 Å². The fourth-order valence-electron chi connectivity index (χ4n) is 2.05. The van der Waals surface area contributed by atoms with Crippen LogP contribution < -0.4 is 5.32 Å². The second kappa shape index (κ2) is 9.70. The van der Waals surface area contributed by atoms with Crippen molar-refractivity contribution >= 4 is 52.5 Å². The molecule has 25 heavy (non-hydrogen) atoms. The van der Waals surface area contributed by atoms with Crippen LogP contribution in [0.2, 0.25) is 10.0 Å². The molecule has 0 unspecified atom stereocenters. The number of carbonyl (C=O) groups is 2. The standard InChI is InChI=1S/C18H18Cl2N2O2S/c1-22(10-17(23)21-16-8-3-2-7-15(16)20)18(24)12-25-11-13-5-4-6-14(19)9-13/h2-9H,10-12H2,1H3,(H,21,23). The number of nitrogens with zero attached hydrogens (tertiary/aromatic N) is 1. The maximum absolute atomic E-state index is 12.1. The smallest absolute Gasteiger partial charge is 0.244 e. The number of nitrogens with one attached hydrogen (secondary N) is 1. The highest BCUT2D eigenvalue weighted by Gasteiger charge is 2.14. The van der Waals surface area contributed by atoms with Crippen LogP contribution in [0.15, 0.2) is 48.5 Å². The molecule has 7 heteroatoms. The lowest BCUT2D eigenvalue weighted by Gasteiger charge is -2.17. The Kier molecular flexibility index (Phi) is 7.62. The second-order valence-corrected chi connectivity index (χ2v) is 7.23. The normalized spacial score (nSPS) is 10.4. The maximum atomic E-state index is 12.1. The van der Waals surface area contributed by atoms with Gasteiger partial charge in [-0.25, -0.2) is 0 Å². The third kappa shape index (κ3) is 6.61. The van der Waals surface area contributed by atoms with Gasteiger partial charge >= 0.3 is 0 Å². The molecule has 2 amide bonds. The van der Waals surface area contributed by atoms with Crippen LogP contribution in [0, 0.1) is 0 Å². The Morgan fingerprint density at radius 3 is 2.60 bits per heavy atom. The van der Waals surface area contributed by atoms with Crippen molar-refractivity contribution in [2.45, 2.75) is 5.75 Å². The van der Waals surface area contributed by atoms with E-state index in [-0.39, 0.29) is 18.4 Å². The Bertz CT molecular complexity index is 755. The average Bonchev–Trinajstić information content (AvgIpc) is 2.57. The van der Waals surface area contributed by atoms with Gasteiger partial charge in [-0.3, -0.25) is 9.59 Å². The number of rotatable bonds is 7. The van der Waals surface area contributed by atoms with Gasteiger partial charge in [0.25, 0.3) is 0 Å². The van der Waals surface area contributed by atoms with E-state index < -0.39 is 0 Å². The molecule has 0 radical (unpaired) electrons. The third-order valence-corrected chi connectivity index (χ3v) is 4.89. The molecule has 2 aromatic carbocycles. The lowest BCUT2D eigenvalue weighted by Crippen LogP contribution is -2.36. The van der Waals surface area contributed by atoms with Gasteiger partial charge in [0, 0.05) is 17.8 Å². The highest BCUT2D eigenvalue weighted by atomic mass is 35.5. The molecule has 0 saturated carbocycles. The van der Waals surface area contributed by atoms with Gasteiger partial charge in [0.2, 0.25) is 11.8 Å². The predicted octanol–water partition coefficient (Wildman–Crippen LogP) is 4.32. The number of likely N-dealkylation sites (N-methyl/N-ethyl adjacent to an activating group) is 1. The first-order valence-electron chi connectivity index (χ1n) is 7.56. The molecular weight excluding hydrogens is 379 g/mol. The van der Waals surface area contributed by atoms with E-state index in [4.69, 9.17) is 23.2 Å². The summed E-state index contributed by atoms with van der Waals surface area (Å²) in [4.78, 5) is 25.6. The Hall–Kier alpha value is -1.69. The Morgan fingerprint density at radius 2 is 1.88 bits per heavy atom. The van der Waals surface area contributed by atoms with Gasteiger partial charge in [-0.15, -0.1) is 11.8 Å². The number of hydrogen-bond donors (Lipinski definition) is 1. The molecule has 0 fully saturated rings. The minimum absolute atomic E-state index is 0.0260. The van der Waals surface area contributed by atoms with Crippen molar-refractivity contribution in [3.63, 3.8) is 0 Å². The number of amides is 2. The van der Waals surface area contributed by atoms with Crippen LogP contribution in [-0.4, -0.2) is 36.1 Å². The molecule has 0 spiro atoms. The summed E-state index contributed by atoms with van der Waals surface area (Å²) in [7, 11) is 1.61. The first-order chi connectivity index (χ1) is 12.0. The molecule has 0 saturated heterocycles. The number of halogens is 2. The molecule has 4 nitrogen and oxygen atoms in total. The summed E-state index contributed by atoms with van der Waals surface area (Å²) in [6.07, 6.45) is 0. The third-order valence-electron chi connectivity index (χ3n) is 3.34. The number of hydrogen-bond acceptors (Lipinski definition) is 3. The minimum Gasteiger partial charge on any atom is -0.336 e. The topological polar surface area (TPSA) is 49.4 Å². The average molecular weight is 397 g/mol. The molecule has 0 aliphatic heterocycles. The molecule has 2 rings (SSSR count). The van der Waals surface area contributed by atoms with Crippen LogP contribution in [0.1, 0.15) is 5.56 Å². The van der Waals surface area contributed by atoms with Gasteiger partial charge in [0.1, 0.15) is 0 Å². The Labute approximate surface area is 161 Å². The zero-order valence-corrected chi connectivity index (χ0v) is 16.0. The lowest BCUT2D eigenvalue weighted by atomic mass is 10.2. The fourth-order valence-corrected chi connectivity index (χ4v) is 3.36. The molecule has 0 atom stereocenters. The highest BCUT2D eigenvalue weighted by molar-refractivity contribution is 7.99. The molecule has 0 bridgehead atoms. The van der Waals surface area contributed by atoms with E-state index >= 15 is 0 Å². The van der Waals surface area contributed by atoms with Gasteiger partial charge in [-0.05, 0) is 29.8 Å². The van der Waals surface area contributed by atoms with Crippen molar-refractivity contribution in [2.24, 2.45) is 0 Å². The van der Waals surface area contributed by atoms with E-state index in [1.165, 1.54) is 16.7 Å². The number of anilines is 1. The molecule has 1 N–H and O–H groups in total. The molecule has 2 aromatic rings. The van der Waals surface area contributed by atoms with Crippen LogP contribution in [0.4, 0.5) is 5.69 Å². The molecule has 0 aliphatic carbocycles. The van der Waals surface area contributed by atoms with Crippen LogP contribution in [0.3, 0.4) is 0 Å². The van der Waals surface area contributed by atoms with Crippen LogP contribution in [-0.2, 0) is 15.3 Å². The van der Waals surface area contributed by atoms with E-state index in [9.17, 15) is 9.59 Å². The highest BCUT2D eigenvalue weighted by Crippen LogP contribution is 2.20. The zero-order valence-electron chi connectivity index (χ0n) is 13.7. The van der Waals surface area contributed by atoms with Gasteiger partial charge in [-0.1, -0.05) is 47.5 Å². The van der Waals surface area contributed by atoms with E-state index in [1.54, 1.807) is 31.3 Å². The van der Waals surface area contributed by atoms with Gasteiger partial charge < -0.3 is 10.2 Å². The fraction of sp³-hybridized carbons (Fsp3) is 0.222. The van der Waals surface area contributed by atoms with E-state index in [0.717, 1.165) is 5.56 Å². The maximum Gasteiger partial charge on any atom is 0.244 e. The Balaban J connectivity index is 1.76. The van der Waals surface area contributed by atoms with Crippen molar-refractivity contribution in [3.8, 4) is 0 Å².